The van der Waals surface area contributed by atoms with Gasteiger partial charge in [0.1, 0.15) is 17.4 Å². The van der Waals surface area contributed by atoms with Gasteiger partial charge in [-0.3, -0.25) is 0 Å². The highest BCUT2D eigenvalue weighted by molar-refractivity contribution is 8.67. The molecule has 0 bridgehead atoms. The van der Waals surface area contributed by atoms with Gasteiger partial charge in [0, 0.05) is 15.7 Å². The van der Waals surface area contributed by atoms with E-state index in [4.69, 9.17) is 4.18 Å². The van der Waals surface area contributed by atoms with Crippen LogP contribution >= 0.6 is 10.8 Å². The molecule has 0 heterocycles. The summed E-state index contributed by atoms with van der Waals surface area (Å²) in [6.45, 7) is 0. The maximum atomic E-state index is 12.7. The van der Waals surface area contributed by atoms with E-state index in [0.29, 0.717) is 10.6 Å². The number of hydrogen-bond donors (Lipinski definition) is 0. The first-order valence-corrected chi connectivity index (χ1v) is 7.34. The second-order valence-electron chi connectivity index (χ2n) is 3.28. The quantitative estimate of drug-likeness (QED) is 0.801. The second-order valence-corrected chi connectivity index (χ2v) is 5.81. The van der Waals surface area contributed by atoms with E-state index >= 15 is 0 Å². The molecule has 2 aromatic carbocycles. The van der Waals surface area contributed by atoms with Crippen molar-refractivity contribution in [3.05, 3.63) is 60.2 Å². The third kappa shape index (κ3) is 3.82. The van der Waals surface area contributed by atoms with Gasteiger partial charge in [-0.1, -0.05) is 0 Å². The van der Waals surface area contributed by atoms with Gasteiger partial charge < -0.3 is 4.18 Å². The third-order valence-corrected chi connectivity index (χ3v) is 4.07. The summed E-state index contributed by atoms with van der Waals surface area (Å²) in [7, 11) is -0.723. The van der Waals surface area contributed by atoms with Crippen molar-refractivity contribution in [3.63, 3.8) is 0 Å². The Kier molecular flexibility index (Phi) is 4.33. The van der Waals surface area contributed by atoms with Gasteiger partial charge in [0.25, 0.3) is 10.1 Å². The Morgan fingerprint density at radius 3 is 1.94 bits per heavy atom. The summed E-state index contributed by atoms with van der Waals surface area (Å²) < 4.78 is 42.0. The van der Waals surface area contributed by atoms with Gasteiger partial charge in [-0.2, -0.15) is 0 Å². The fourth-order valence-electron chi connectivity index (χ4n) is 1.15. The fourth-order valence-corrected chi connectivity index (χ4v) is 3.00. The maximum absolute atomic E-state index is 12.7. The first-order chi connectivity index (χ1) is 8.63. The van der Waals surface area contributed by atoms with E-state index in [-0.39, 0.29) is 11.6 Å². The van der Waals surface area contributed by atoms with Crippen molar-refractivity contribution in [2.24, 2.45) is 0 Å². The van der Waals surface area contributed by atoms with E-state index in [0.717, 1.165) is 10.8 Å². The molecular formula is C12H8F2O2S2. The van der Waals surface area contributed by atoms with E-state index < -0.39 is 10.1 Å². The molecule has 0 radical (unpaired) electrons. The molecule has 0 saturated heterocycles. The highest BCUT2D eigenvalue weighted by Gasteiger charge is 2.06. The van der Waals surface area contributed by atoms with E-state index in [1.54, 1.807) is 0 Å². The lowest BCUT2D eigenvalue weighted by molar-refractivity contribution is 0.572. The standard InChI is InChI=1S/C12H8F2O2S2/c13-9-1-5-11(6-2-9)16-18(15)17-12-7-3-10(14)4-8-12/h1-8H. The van der Waals surface area contributed by atoms with Crippen LogP contribution in [0.5, 0.6) is 5.75 Å². The van der Waals surface area contributed by atoms with Crippen LogP contribution in [-0.2, 0) is 10.1 Å². The van der Waals surface area contributed by atoms with Gasteiger partial charge in [-0.05, 0) is 48.5 Å². The molecular weight excluding hydrogens is 278 g/mol. The zero-order valence-corrected chi connectivity index (χ0v) is 10.6. The molecule has 2 aromatic rings. The topological polar surface area (TPSA) is 26.3 Å². The minimum Gasteiger partial charge on any atom is -0.392 e. The Morgan fingerprint density at radius 1 is 0.889 bits per heavy atom. The molecule has 1 unspecified atom stereocenters. The van der Waals surface area contributed by atoms with Crippen molar-refractivity contribution in [1.82, 2.24) is 0 Å². The molecule has 1 atom stereocenters. The molecule has 0 amide bonds. The van der Waals surface area contributed by atoms with Crippen molar-refractivity contribution in [1.29, 1.82) is 0 Å². The Hall–Kier alpha value is -1.40. The molecule has 0 fully saturated rings. The van der Waals surface area contributed by atoms with E-state index in [2.05, 4.69) is 0 Å². The highest BCUT2D eigenvalue weighted by Crippen LogP contribution is 2.24. The van der Waals surface area contributed by atoms with Gasteiger partial charge in [0.15, 0.2) is 0 Å². The number of benzene rings is 2. The van der Waals surface area contributed by atoms with Crippen LogP contribution in [-0.4, -0.2) is 4.21 Å². The number of rotatable bonds is 4. The van der Waals surface area contributed by atoms with Gasteiger partial charge in [-0.25, -0.2) is 13.0 Å². The van der Waals surface area contributed by atoms with Crippen molar-refractivity contribution in [3.8, 4) is 5.75 Å². The molecule has 0 aliphatic rings. The molecule has 94 valence electrons. The molecule has 0 aliphatic carbocycles. The summed E-state index contributed by atoms with van der Waals surface area (Å²) >= 11 is 0. The predicted molar refractivity (Wildman–Crippen MR) is 67.4 cm³/mol. The molecule has 0 aromatic heterocycles. The SMILES string of the molecule is O=S(Oc1ccc(F)cc1)Sc1ccc(F)cc1. The number of hydrogen-bond acceptors (Lipinski definition) is 3. The van der Waals surface area contributed by atoms with Gasteiger partial charge >= 0.3 is 0 Å². The molecule has 6 heteroatoms. The van der Waals surface area contributed by atoms with Crippen LogP contribution in [0, 0.1) is 11.6 Å². The van der Waals surface area contributed by atoms with Crippen LogP contribution in [0.2, 0.25) is 0 Å². The normalized spacial score (nSPS) is 12.1. The van der Waals surface area contributed by atoms with E-state index in [1.807, 2.05) is 0 Å². The minimum absolute atomic E-state index is 0.310. The molecule has 0 aliphatic heterocycles. The smallest absolute Gasteiger partial charge is 0.276 e. The zero-order valence-electron chi connectivity index (χ0n) is 9.01. The Labute approximate surface area is 109 Å². The maximum Gasteiger partial charge on any atom is 0.276 e. The summed E-state index contributed by atoms with van der Waals surface area (Å²) in [5.41, 5.74) is 0. The lowest BCUT2D eigenvalue weighted by Gasteiger charge is -2.03. The summed E-state index contributed by atoms with van der Waals surface area (Å²) in [6, 6.07) is 10.8. The number of halogens is 2. The zero-order chi connectivity index (χ0) is 13.0. The van der Waals surface area contributed by atoms with Crippen LogP contribution in [0.25, 0.3) is 0 Å². The Bertz CT molecular complexity index is 492. The lowest BCUT2D eigenvalue weighted by Crippen LogP contribution is -1.95. The van der Waals surface area contributed by atoms with Crippen LogP contribution in [0.1, 0.15) is 0 Å². The Morgan fingerprint density at radius 2 is 1.39 bits per heavy atom. The van der Waals surface area contributed by atoms with Crippen molar-refractivity contribution in [2.75, 3.05) is 0 Å². The predicted octanol–water partition coefficient (Wildman–Crippen LogP) is 3.71. The van der Waals surface area contributed by atoms with Crippen molar-refractivity contribution >= 4 is 20.9 Å². The molecule has 0 spiro atoms. The van der Waals surface area contributed by atoms with Crippen LogP contribution < -0.4 is 4.18 Å². The van der Waals surface area contributed by atoms with E-state index in [9.17, 15) is 13.0 Å². The first-order valence-electron chi connectivity index (χ1n) is 4.93. The van der Waals surface area contributed by atoms with Gasteiger partial charge in [0.05, 0.1) is 0 Å². The van der Waals surface area contributed by atoms with Crippen molar-refractivity contribution < 1.29 is 17.2 Å². The molecule has 0 N–H and O–H groups in total. The van der Waals surface area contributed by atoms with Crippen LogP contribution in [0.4, 0.5) is 8.78 Å². The van der Waals surface area contributed by atoms with Crippen molar-refractivity contribution in [2.45, 2.75) is 4.90 Å². The molecule has 18 heavy (non-hydrogen) atoms. The van der Waals surface area contributed by atoms with Crippen LogP contribution in [0.3, 0.4) is 0 Å². The molecule has 2 nitrogen and oxygen atoms in total. The van der Waals surface area contributed by atoms with E-state index in [1.165, 1.54) is 48.5 Å². The summed E-state index contributed by atoms with van der Waals surface area (Å²) in [6.07, 6.45) is 0. The largest absolute Gasteiger partial charge is 0.392 e. The third-order valence-electron chi connectivity index (χ3n) is 1.96. The second kappa shape index (κ2) is 5.97. The van der Waals surface area contributed by atoms with Gasteiger partial charge in [-0.15, -0.1) is 0 Å². The minimum atomic E-state index is -1.66. The molecule has 2 rings (SSSR count). The Balaban J connectivity index is 1.96. The monoisotopic (exact) mass is 286 g/mol. The highest BCUT2D eigenvalue weighted by atomic mass is 33.1. The first kappa shape index (κ1) is 13.0. The summed E-state index contributed by atoms with van der Waals surface area (Å²) in [5, 5.41) is 0. The summed E-state index contributed by atoms with van der Waals surface area (Å²) in [5.74, 6) is -0.437. The lowest BCUT2D eigenvalue weighted by atomic mass is 10.3. The molecule has 0 saturated carbocycles. The van der Waals surface area contributed by atoms with Crippen LogP contribution in [0.15, 0.2) is 53.4 Å². The summed E-state index contributed by atoms with van der Waals surface area (Å²) in [4.78, 5) is 0.622. The average molecular weight is 286 g/mol. The average Bonchev–Trinajstić information content (AvgIpc) is 2.35. The van der Waals surface area contributed by atoms with Gasteiger partial charge in [0.2, 0.25) is 0 Å². The fraction of sp³-hybridized carbons (Fsp3) is 0.